The fourth-order valence-corrected chi connectivity index (χ4v) is 3.11. The summed E-state index contributed by atoms with van der Waals surface area (Å²) in [5.74, 6) is -0.258. The highest BCUT2D eigenvalue weighted by Crippen LogP contribution is 2.18. The fourth-order valence-electron chi connectivity index (χ4n) is 2.98. The van der Waals surface area contributed by atoms with Crippen LogP contribution in [0.3, 0.4) is 0 Å². The number of fused-ring (bicyclic) bond motifs is 1. The van der Waals surface area contributed by atoms with Crippen LogP contribution in [-0.2, 0) is 6.54 Å². The van der Waals surface area contributed by atoms with Crippen molar-refractivity contribution in [1.29, 1.82) is 0 Å². The monoisotopic (exact) mass is 404 g/mol. The van der Waals surface area contributed by atoms with Crippen molar-refractivity contribution < 1.29 is 9.90 Å². The molecular formula is C22H17ClN4O2. The van der Waals surface area contributed by atoms with Crippen molar-refractivity contribution in [3.05, 3.63) is 94.8 Å². The van der Waals surface area contributed by atoms with E-state index in [2.05, 4.69) is 20.1 Å². The lowest BCUT2D eigenvalue weighted by Crippen LogP contribution is -2.05. The molecule has 2 N–H and O–H groups in total. The maximum absolute atomic E-state index is 10.9. The molecule has 0 radical (unpaired) electrons. The second kappa shape index (κ2) is 8.16. The van der Waals surface area contributed by atoms with Gasteiger partial charge in [-0.25, -0.2) is 9.78 Å². The van der Waals surface area contributed by atoms with Crippen molar-refractivity contribution in [1.82, 2.24) is 9.55 Å². The third-order valence-corrected chi connectivity index (χ3v) is 4.70. The molecule has 0 aliphatic carbocycles. The highest BCUT2D eigenvalue weighted by molar-refractivity contribution is 6.30. The van der Waals surface area contributed by atoms with Crippen molar-refractivity contribution in [3.63, 3.8) is 0 Å². The van der Waals surface area contributed by atoms with Crippen LogP contribution in [-0.4, -0.2) is 26.8 Å². The highest BCUT2D eigenvalue weighted by Gasteiger charge is 2.09. The van der Waals surface area contributed by atoms with E-state index in [9.17, 15) is 4.79 Å². The Morgan fingerprint density at radius 3 is 2.52 bits per heavy atom. The molecule has 0 atom stereocenters. The van der Waals surface area contributed by atoms with Crippen molar-refractivity contribution in [3.8, 4) is 0 Å². The van der Waals surface area contributed by atoms with Gasteiger partial charge < -0.3 is 9.67 Å². The molecule has 4 rings (SSSR count). The van der Waals surface area contributed by atoms with Crippen LogP contribution in [0.4, 0.5) is 5.69 Å². The summed E-state index contributed by atoms with van der Waals surface area (Å²) in [6.07, 6.45) is 1.65. The summed E-state index contributed by atoms with van der Waals surface area (Å²) in [5.41, 5.74) is 6.81. The molecule has 3 aromatic carbocycles. The first kappa shape index (κ1) is 18.7. The molecule has 144 valence electrons. The molecule has 1 heterocycles. The van der Waals surface area contributed by atoms with Crippen LogP contribution in [0.25, 0.3) is 11.0 Å². The van der Waals surface area contributed by atoms with E-state index in [0.717, 1.165) is 16.6 Å². The molecule has 0 saturated heterocycles. The third-order valence-electron chi connectivity index (χ3n) is 4.44. The maximum atomic E-state index is 10.9. The van der Waals surface area contributed by atoms with Gasteiger partial charge in [0, 0.05) is 11.6 Å². The standard InChI is InChI=1S/C22H17ClN4O2/c23-17-9-5-15(6-10-17)14-27-20-4-2-1-3-19(20)25-21(27)13-24-26-18-11-7-16(8-12-18)22(28)29/h1-13,26H,14H2,(H,28,29)/b24-13-. The van der Waals surface area contributed by atoms with Gasteiger partial charge in [0.2, 0.25) is 0 Å². The largest absolute Gasteiger partial charge is 0.478 e. The number of rotatable bonds is 6. The van der Waals surface area contributed by atoms with Gasteiger partial charge in [0.15, 0.2) is 5.82 Å². The van der Waals surface area contributed by atoms with E-state index >= 15 is 0 Å². The highest BCUT2D eigenvalue weighted by atomic mass is 35.5. The predicted octanol–water partition coefficient (Wildman–Crippen LogP) is 4.88. The number of carboxylic acids is 1. The van der Waals surface area contributed by atoms with E-state index in [1.54, 1.807) is 18.3 Å². The number of nitrogens with one attached hydrogen (secondary N) is 1. The summed E-state index contributed by atoms with van der Waals surface area (Å²) in [4.78, 5) is 15.6. The second-order valence-electron chi connectivity index (χ2n) is 6.42. The van der Waals surface area contributed by atoms with E-state index in [0.29, 0.717) is 23.1 Å². The van der Waals surface area contributed by atoms with Gasteiger partial charge in [-0.2, -0.15) is 5.10 Å². The van der Waals surface area contributed by atoms with Crippen LogP contribution < -0.4 is 5.43 Å². The number of para-hydroxylation sites is 2. The van der Waals surface area contributed by atoms with E-state index in [4.69, 9.17) is 16.7 Å². The zero-order valence-electron chi connectivity index (χ0n) is 15.3. The maximum Gasteiger partial charge on any atom is 0.335 e. The molecule has 7 heteroatoms. The quantitative estimate of drug-likeness (QED) is 0.354. The molecule has 0 amide bonds. The summed E-state index contributed by atoms with van der Waals surface area (Å²) < 4.78 is 2.08. The Balaban J connectivity index is 1.59. The molecule has 0 spiro atoms. The lowest BCUT2D eigenvalue weighted by atomic mass is 10.2. The number of carbonyl (C=O) groups is 1. The number of aromatic nitrogens is 2. The van der Waals surface area contributed by atoms with Gasteiger partial charge in [-0.15, -0.1) is 0 Å². The first-order valence-electron chi connectivity index (χ1n) is 8.92. The van der Waals surface area contributed by atoms with E-state index in [1.807, 2.05) is 48.5 Å². The Kier molecular flexibility index (Phi) is 5.27. The van der Waals surface area contributed by atoms with Gasteiger partial charge in [-0.3, -0.25) is 5.43 Å². The first-order valence-corrected chi connectivity index (χ1v) is 9.30. The summed E-state index contributed by atoms with van der Waals surface area (Å²) in [6.45, 7) is 0.631. The van der Waals surface area contributed by atoms with Crippen molar-refractivity contribution in [2.75, 3.05) is 5.43 Å². The second-order valence-corrected chi connectivity index (χ2v) is 6.86. The molecular weight excluding hydrogens is 388 g/mol. The lowest BCUT2D eigenvalue weighted by Gasteiger charge is -2.07. The average Bonchev–Trinajstić information content (AvgIpc) is 3.07. The summed E-state index contributed by atoms with van der Waals surface area (Å²) in [6, 6.07) is 22.0. The van der Waals surface area contributed by atoms with Crippen LogP contribution in [0.2, 0.25) is 5.02 Å². The molecule has 0 bridgehead atoms. The van der Waals surface area contributed by atoms with Gasteiger partial charge >= 0.3 is 5.97 Å². The minimum absolute atomic E-state index is 0.226. The smallest absolute Gasteiger partial charge is 0.335 e. The molecule has 4 aromatic rings. The number of hydrogen-bond acceptors (Lipinski definition) is 4. The molecule has 29 heavy (non-hydrogen) atoms. The molecule has 0 aliphatic heterocycles. The van der Waals surface area contributed by atoms with Gasteiger partial charge in [0.05, 0.1) is 28.5 Å². The number of imidazole rings is 1. The van der Waals surface area contributed by atoms with Crippen LogP contribution >= 0.6 is 11.6 Å². The van der Waals surface area contributed by atoms with E-state index < -0.39 is 5.97 Å². The molecule has 6 nitrogen and oxygen atoms in total. The van der Waals surface area contributed by atoms with Gasteiger partial charge in [-0.05, 0) is 54.1 Å². The Morgan fingerprint density at radius 2 is 1.79 bits per heavy atom. The lowest BCUT2D eigenvalue weighted by molar-refractivity contribution is 0.0697. The normalized spacial score (nSPS) is 11.2. The number of aromatic carboxylic acids is 1. The Bertz CT molecular complexity index is 1180. The first-order chi connectivity index (χ1) is 14.1. The molecule has 1 aromatic heterocycles. The van der Waals surface area contributed by atoms with Crippen LogP contribution in [0.1, 0.15) is 21.7 Å². The van der Waals surface area contributed by atoms with Gasteiger partial charge in [0.1, 0.15) is 0 Å². The fraction of sp³-hybridized carbons (Fsp3) is 0.0455. The zero-order chi connectivity index (χ0) is 20.2. The molecule has 0 aliphatic rings. The molecule has 0 saturated carbocycles. The Labute approximate surface area is 172 Å². The summed E-state index contributed by atoms with van der Waals surface area (Å²) >= 11 is 5.99. The van der Waals surface area contributed by atoms with Gasteiger partial charge in [0.25, 0.3) is 0 Å². The summed E-state index contributed by atoms with van der Waals surface area (Å²) in [5, 5.41) is 13.9. The van der Waals surface area contributed by atoms with Crippen molar-refractivity contribution in [2.24, 2.45) is 5.10 Å². The average molecular weight is 405 g/mol. The third kappa shape index (κ3) is 4.28. The van der Waals surface area contributed by atoms with Crippen LogP contribution in [0.15, 0.2) is 77.9 Å². The number of carboxylic acid groups (broad SMARTS) is 1. The molecule has 0 unspecified atom stereocenters. The number of anilines is 1. The number of hydrazone groups is 1. The number of hydrogen-bond donors (Lipinski definition) is 2. The van der Waals surface area contributed by atoms with E-state index in [1.165, 1.54) is 12.1 Å². The van der Waals surface area contributed by atoms with Crippen LogP contribution in [0.5, 0.6) is 0 Å². The zero-order valence-corrected chi connectivity index (χ0v) is 16.0. The van der Waals surface area contributed by atoms with Crippen molar-refractivity contribution >= 4 is 40.5 Å². The van der Waals surface area contributed by atoms with Crippen molar-refractivity contribution in [2.45, 2.75) is 6.54 Å². The Hall–Kier alpha value is -3.64. The summed E-state index contributed by atoms with van der Waals surface area (Å²) in [7, 11) is 0. The molecule has 0 fully saturated rings. The number of nitrogens with zero attached hydrogens (tertiary/aromatic N) is 3. The van der Waals surface area contributed by atoms with E-state index in [-0.39, 0.29) is 5.56 Å². The Morgan fingerprint density at radius 1 is 1.07 bits per heavy atom. The minimum atomic E-state index is -0.962. The minimum Gasteiger partial charge on any atom is -0.478 e. The predicted molar refractivity (Wildman–Crippen MR) is 115 cm³/mol. The van der Waals surface area contributed by atoms with Gasteiger partial charge in [-0.1, -0.05) is 35.9 Å². The SMILES string of the molecule is O=C(O)c1ccc(N/N=C\c2nc3ccccc3n2Cc2ccc(Cl)cc2)cc1. The number of halogens is 1. The number of benzene rings is 3. The topological polar surface area (TPSA) is 79.5 Å². The van der Waals surface area contributed by atoms with Crippen LogP contribution in [0, 0.1) is 0 Å².